The smallest absolute Gasteiger partial charge is 0.417 e. The van der Waals surface area contributed by atoms with Gasteiger partial charge in [-0.15, -0.1) is 0 Å². The maximum Gasteiger partial charge on any atom is 0.417 e. The van der Waals surface area contributed by atoms with Gasteiger partial charge in [0.1, 0.15) is 12.5 Å². The van der Waals surface area contributed by atoms with Crippen LogP contribution in [-0.2, 0) is 28.7 Å². The summed E-state index contributed by atoms with van der Waals surface area (Å²) in [5.74, 6) is 0.543. The van der Waals surface area contributed by atoms with E-state index >= 15 is 0 Å². The molecular weight excluding hydrogens is 216 g/mol. The van der Waals surface area contributed by atoms with Gasteiger partial charge in [0, 0.05) is 6.08 Å². The number of esters is 2. The molecule has 0 aliphatic rings. The Labute approximate surface area is 91.8 Å². The lowest BCUT2D eigenvalue weighted by molar-refractivity contribution is -0.166. The summed E-state index contributed by atoms with van der Waals surface area (Å²) in [6.07, 6.45) is 0.942. The fourth-order valence-corrected chi connectivity index (χ4v) is 0.400. The predicted molar refractivity (Wildman–Crippen MR) is 52.7 cm³/mol. The molecule has 0 aliphatic carbocycles. The third kappa shape index (κ3) is 11.6. The summed E-state index contributed by atoms with van der Waals surface area (Å²) in [7, 11) is 0. The van der Waals surface area contributed by atoms with Crippen LogP contribution in [0.2, 0.25) is 0 Å². The van der Waals surface area contributed by atoms with Gasteiger partial charge in [0.25, 0.3) is 0 Å². The molecule has 0 radical (unpaired) electrons. The lowest BCUT2D eigenvalue weighted by Crippen LogP contribution is -2.20. The van der Waals surface area contributed by atoms with Gasteiger partial charge in [0.05, 0.1) is 6.61 Å². The molecule has 0 fully saturated rings. The van der Waals surface area contributed by atoms with E-state index in [4.69, 9.17) is 4.79 Å². The first-order valence-corrected chi connectivity index (χ1v) is 4.06. The summed E-state index contributed by atoms with van der Waals surface area (Å²) < 4.78 is 8.57. The predicted octanol–water partition coefficient (Wildman–Crippen LogP) is -0.360. The van der Waals surface area contributed by atoms with Gasteiger partial charge < -0.3 is 9.47 Å². The zero-order valence-corrected chi connectivity index (χ0v) is 8.65. The first-order valence-electron chi connectivity index (χ1n) is 4.06. The van der Waals surface area contributed by atoms with Crippen LogP contribution >= 0.6 is 0 Å². The van der Waals surface area contributed by atoms with E-state index in [0.29, 0.717) is 0 Å². The van der Waals surface area contributed by atoms with Gasteiger partial charge >= 0.3 is 11.9 Å². The van der Waals surface area contributed by atoms with Crippen LogP contribution in [-0.4, -0.2) is 37.0 Å². The fourth-order valence-electron chi connectivity index (χ4n) is 0.400. The van der Waals surface area contributed by atoms with E-state index in [1.165, 1.54) is 11.9 Å². The van der Waals surface area contributed by atoms with E-state index in [1.807, 2.05) is 5.73 Å². The zero-order valence-electron chi connectivity index (χ0n) is 8.65. The topological polar surface area (TPSA) is 86.7 Å². The molecule has 6 heteroatoms. The molecule has 0 atom stereocenters. The van der Waals surface area contributed by atoms with Crippen molar-refractivity contribution in [3.8, 4) is 0 Å². The number of carbonyl (C=O) groups is 2. The zero-order chi connectivity index (χ0) is 12.8. The van der Waals surface area contributed by atoms with E-state index in [0.717, 1.165) is 6.08 Å². The highest BCUT2D eigenvalue weighted by atomic mass is 16.6. The van der Waals surface area contributed by atoms with Gasteiger partial charge in [-0.1, -0.05) is 0 Å². The van der Waals surface area contributed by atoms with Crippen molar-refractivity contribution in [1.82, 2.24) is 0 Å². The second-order valence-corrected chi connectivity index (χ2v) is 1.92. The Morgan fingerprint density at radius 2 is 1.75 bits per heavy atom. The average molecular weight is 226 g/mol. The summed E-state index contributed by atoms with van der Waals surface area (Å²) in [4.78, 5) is 39.6. The third-order valence-corrected chi connectivity index (χ3v) is 0.895. The van der Waals surface area contributed by atoms with Crippen LogP contribution < -0.4 is 0 Å². The van der Waals surface area contributed by atoms with Crippen LogP contribution in [0.5, 0.6) is 0 Å². The lowest BCUT2D eigenvalue weighted by Gasteiger charge is -1.99. The summed E-state index contributed by atoms with van der Waals surface area (Å²) in [5, 5.41) is 0. The molecule has 0 aromatic rings. The summed E-state index contributed by atoms with van der Waals surface area (Å²) in [6, 6.07) is 0. The summed E-state index contributed by atoms with van der Waals surface area (Å²) in [6.45, 7) is 4.34. The maximum atomic E-state index is 10.6. The van der Waals surface area contributed by atoms with E-state index in [-0.39, 0.29) is 13.2 Å². The van der Waals surface area contributed by atoms with Crippen molar-refractivity contribution >= 4 is 23.8 Å². The summed E-state index contributed by atoms with van der Waals surface area (Å²) >= 11 is 0. The minimum absolute atomic E-state index is 0.109. The second kappa shape index (κ2) is 12.6. The van der Waals surface area contributed by atoms with Crippen LogP contribution in [0.3, 0.4) is 0 Å². The number of ether oxygens (including phenoxy) is 2. The number of carbonyl (C=O) groups excluding carboxylic acids is 4. The highest BCUT2D eigenvalue weighted by molar-refractivity contribution is 6.29. The number of hydrogen-bond donors (Lipinski definition) is 0. The Kier molecular flexibility index (Phi) is 12.7. The molecule has 16 heavy (non-hydrogen) atoms. The Hall–Kier alpha value is -2.38. The molecule has 0 rings (SSSR count). The minimum atomic E-state index is -1.11. The SMILES string of the molecule is C=C=C=O.CCOC(=O)C(=O)OCC=C=O. The molecule has 0 saturated carbocycles. The number of hydrogen-bond acceptors (Lipinski definition) is 6. The first kappa shape index (κ1) is 16.1. The third-order valence-electron chi connectivity index (χ3n) is 0.895. The van der Waals surface area contributed by atoms with Gasteiger partial charge in [0.2, 0.25) is 0 Å². The van der Waals surface area contributed by atoms with Gasteiger partial charge in [-0.2, -0.15) is 0 Å². The van der Waals surface area contributed by atoms with Crippen molar-refractivity contribution in [2.45, 2.75) is 6.92 Å². The highest BCUT2D eigenvalue weighted by Gasteiger charge is 2.15. The lowest BCUT2D eigenvalue weighted by atomic mass is 10.6. The normalized spacial score (nSPS) is 6.81. The van der Waals surface area contributed by atoms with Crippen molar-refractivity contribution < 1.29 is 28.7 Å². The molecule has 0 N–H and O–H groups in total. The van der Waals surface area contributed by atoms with Crippen LogP contribution in [0.4, 0.5) is 0 Å². The van der Waals surface area contributed by atoms with E-state index in [9.17, 15) is 14.4 Å². The Morgan fingerprint density at radius 3 is 2.12 bits per heavy atom. The van der Waals surface area contributed by atoms with Gasteiger partial charge in [-0.3, -0.25) is 0 Å². The van der Waals surface area contributed by atoms with E-state index < -0.39 is 11.9 Å². The van der Waals surface area contributed by atoms with Gasteiger partial charge in [-0.05, 0) is 19.2 Å². The first-order chi connectivity index (χ1) is 7.63. The highest BCUT2D eigenvalue weighted by Crippen LogP contribution is 1.84. The van der Waals surface area contributed by atoms with Crippen molar-refractivity contribution in [2.24, 2.45) is 0 Å². The maximum absolute atomic E-state index is 10.6. The van der Waals surface area contributed by atoms with Gasteiger partial charge in [-0.25, -0.2) is 19.2 Å². The largest absolute Gasteiger partial charge is 0.458 e. The quantitative estimate of drug-likeness (QED) is 0.282. The second-order valence-electron chi connectivity index (χ2n) is 1.92. The Bertz CT molecular complexity index is 330. The van der Waals surface area contributed by atoms with E-state index in [1.54, 1.807) is 6.92 Å². The average Bonchev–Trinajstić information content (AvgIpc) is 2.30. The molecule has 6 nitrogen and oxygen atoms in total. The van der Waals surface area contributed by atoms with E-state index in [2.05, 4.69) is 16.1 Å². The molecule has 0 aliphatic heterocycles. The molecule has 86 valence electrons. The summed E-state index contributed by atoms with van der Waals surface area (Å²) in [5.41, 5.74) is 1.88. The monoisotopic (exact) mass is 226 g/mol. The molecule has 0 bridgehead atoms. The van der Waals surface area contributed by atoms with Crippen LogP contribution in [0.1, 0.15) is 6.92 Å². The van der Waals surface area contributed by atoms with Crippen molar-refractivity contribution in [1.29, 1.82) is 0 Å². The Balaban J connectivity index is 0. The number of rotatable bonds is 3. The fraction of sp³-hybridized carbons (Fsp3) is 0.300. The van der Waals surface area contributed by atoms with Gasteiger partial charge in [0.15, 0.2) is 5.94 Å². The molecule has 0 spiro atoms. The molecule has 0 heterocycles. The van der Waals surface area contributed by atoms with Crippen molar-refractivity contribution in [3.05, 3.63) is 18.4 Å². The molecule has 0 aromatic heterocycles. The Morgan fingerprint density at radius 1 is 1.25 bits per heavy atom. The standard InChI is InChI=1S/C7H8O5.C3H2O/c1-2-11-6(9)7(10)12-5-3-4-8;1-2-3-4/h3H,2,5H2,1H3;1H2. The minimum Gasteiger partial charge on any atom is -0.458 e. The molecule has 0 saturated heterocycles. The van der Waals surface area contributed by atoms with Crippen LogP contribution in [0, 0.1) is 0 Å². The molecule has 0 aromatic carbocycles. The van der Waals surface area contributed by atoms with Crippen molar-refractivity contribution in [2.75, 3.05) is 13.2 Å². The van der Waals surface area contributed by atoms with Crippen LogP contribution in [0.15, 0.2) is 18.4 Å². The molecular formula is C10H10O6. The molecule has 0 unspecified atom stereocenters. The van der Waals surface area contributed by atoms with Crippen LogP contribution in [0.25, 0.3) is 0 Å². The van der Waals surface area contributed by atoms with Crippen molar-refractivity contribution in [3.63, 3.8) is 0 Å². The molecule has 0 amide bonds.